The van der Waals surface area contributed by atoms with Crippen molar-refractivity contribution < 1.29 is 17.7 Å². The van der Waals surface area contributed by atoms with Crippen LogP contribution in [0.2, 0.25) is 0 Å². The van der Waals surface area contributed by atoms with E-state index in [1.165, 1.54) is 10.6 Å². The normalized spacial score (nSPS) is 23.3. The van der Waals surface area contributed by atoms with Gasteiger partial charge in [0.05, 0.1) is 12.3 Å². The molecule has 2 saturated heterocycles. The van der Waals surface area contributed by atoms with Crippen LogP contribution in [-0.2, 0) is 21.2 Å². The van der Waals surface area contributed by atoms with Crippen molar-refractivity contribution in [3.05, 3.63) is 11.7 Å². The maximum absolute atomic E-state index is 12.3. The van der Waals surface area contributed by atoms with Crippen LogP contribution in [0.25, 0.3) is 0 Å². The van der Waals surface area contributed by atoms with Crippen molar-refractivity contribution in [3.8, 4) is 0 Å². The fraction of sp³-hybridized carbons (Fsp3) is 0.812. The van der Waals surface area contributed by atoms with Crippen LogP contribution >= 0.6 is 0 Å². The Balaban J connectivity index is 1.56. The van der Waals surface area contributed by atoms with E-state index in [4.69, 9.17) is 4.52 Å². The zero-order valence-electron chi connectivity index (χ0n) is 14.8. The molecule has 3 heterocycles. The molecular formula is C16H26N4O4S. The van der Waals surface area contributed by atoms with Crippen molar-refractivity contribution in [3.63, 3.8) is 0 Å². The molecular weight excluding hydrogens is 344 g/mol. The number of aromatic nitrogens is 2. The summed E-state index contributed by atoms with van der Waals surface area (Å²) in [7, 11) is -3.28. The second kappa shape index (κ2) is 7.41. The summed E-state index contributed by atoms with van der Waals surface area (Å²) in [4.78, 5) is 18.5. The average molecular weight is 370 g/mol. The molecule has 0 radical (unpaired) electrons. The predicted octanol–water partition coefficient (Wildman–Crippen LogP) is 1.36. The van der Waals surface area contributed by atoms with Crippen LogP contribution in [0.4, 0.5) is 0 Å². The molecule has 1 amide bonds. The van der Waals surface area contributed by atoms with Gasteiger partial charge < -0.3 is 9.42 Å². The fourth-order valence-corrected chi connectivity index (χ4v) is 4.65. The molecule has 0 N–H and O–H groups in total. The Morgan fingerprint density at radius 2 is 1.96 bits per heavy atom. The van der Waals surface area contributed by atoms with Gasteiger partial charge in [0, 0.05) is 32.5 Å². The first-order valence-corrected chi connectivity index (χ1v) is 10.8. The van der Waals surface area contributed by atoms with Crippen molar-refractivity contribution in [1.82, 2.24) is 19.3 Å². The molecule has 2 fully saturated rings. The molecule has 9 heteroatoms. The molecule has 3 rings (SSSR count). The highest BCUT2D eigenvalue weighted by Crippen LogP contribution is 2.32. The van der Waals surface area contributed by atoms with Crippen molar-refractivity contribution >= 4 is 15.9 Å². The van der Waals surface area contributed by atoms with E-state index in [9.17, 15) is 13.2 Å². The summed E-state index contributed by atoms with van der Waals surface area (Å²) in [6, 6.07) is -0.355. The largest absolute Gasteiger partial charge is 0.343 e. The Kier molecular flexibility index (Phi) is 5.43. The van der Waals surface area contributed by atoms with Crippen LogP contribution < -0.4 is 0 Å². The van der Waals surface area contributed by atoms with Gasteiger partial charge in [-0.1, -0.05) is 12.1 Å². The van der Waals surface area contributed by atoms with Gasteiger partial charge in [-0.2, -0.15) is 9.29 Å². The number of likely N-dealkylation sites (tertiary alicyclic amines) is 1. The maximum Gasteiger partial charge on any atom is 0.227 e. The number of piperidine rings is 1. The molecule has 2 aliphatic rings. The summed E-state index contributed by atoms with van der Waals surface area (Å²) in [6.45, 7) is 4.34. The molecule has 1 atom stereocenters. The third kappa shape index (κ3) is 4.38. The minimum atomic E-state index is -3.28. The number of sulfonamides is 1. The third-order valence-corrected chi connectivity index (χ3v) is 6.39. The molecule has 0 bridgehead atoms. The molecule has 8 nitrogen and oxygen atoms in total. The third-order valence-electron chi connectivity index (χ3n) is 5.10. The van der Waals surface area contributed by atoms with Crippen LogP contribution in [0.15, 0.2) is 4.52 Å². The number of hydrogen-bond donors (Lipinski definition) is 0. The minimum Gasteiger partial charge on any atom is -0.343 e. The van der Waals surface area contributed by atoms with Crippen molar-refractivity contribution in [2.24, 2.45) is 5.92 Å². The fourth-order valence-electron chi connectivity index (χ4n) is 3.53. The van der Waals surface area contributed by atoms with E-state index in [1.54, 1.807) is 0 Å². The minimum absolute atomic E-state index is 0.116. The smallest absolute Gasteiger partial charge is 0.227 e. The molecule has 0 aromatic carbocycles. The lowest BCUT2D eigenvalue weighted by Crippen LogP contribution is -2.38. The van der Waals surface area contributed by atoms with E-state index in [2.05, 4.69) is 17.1 Å². The summed E-state index contributed by atoms with van der Waals surface area (Å²) in [5.41, 5.74) is 0. The lowest BCUT2D eigenvalue weighted by molar-refractivity contribution is -0.132. The van der Waals surface area contributed by atoms with Crippen LogP contribution in [0.1, 0.15) is 56.8 Å². The predicted molar refractivity (Wildman–Crippen MR) is 91.1 cm³/mol. The van der Waals surface area contributed by atoms with Gasteiger partial charge in [-0.3, -0.25) is 4.79 Å². The van der Waals surface area contributed by atoms with Crippen molar-refractivity contribution in [1.29, 1.82) is 0 Å². The summed E-state index contributed by atoms with van der Waals surface area (Å²) >= 11 is 0. The Morgan fingerprint density at radius 3 is 2.64 bits per heavy atom. The van der Waals surface area contributed by atoms with Crippen LogP contribution in [0.3, 0.4) is 0 Å². The standard InChI is InChI=1S/C16H26N4O4S/c1-12-7-10-19(11-8-12)15(21)6-5-14-17-16(18-24-14)13-4-3-9-20(13)25(2,22)23/h12-13H,3-11H2,1-2H3/t13-/m0/s1. The molecule has 25 heavy (non-hydrogen) atoms. The lowest BCUT2D eigenvalue weighted by Gasteiger charge is -2.30. The first-order chi connectivity index (χ1) is 11.8. The van der Waals surface area contributed by atoms with Gasteiger partial charge in [0.1, 0.15) is 0 Å². The van der Waals surface area contributed by atoms with Gasteiger partial charge >= 0.3 is 0 Å². The molecule has 0 aliphatic carbocycles. The molecule has 2 aliphatic heterocycles. The Labute approximate surface area is 148 Å². The van der Waals surface area contributed by atoms with Gasteiger partial charge in [-0.25, -0.2) is 8.42 Å². The van der Waals surface area contributed by atoms with E-state index >= 15 is 0 Å². The molecule has 1 aromatic rings. The van der Waals surface area contributed by atoms with E-state index in [-0.39, 0.29) is 11.9 Å². The highest BCUT2D eigenvalue weighted by atomic mass is 32.2. The Hall–Kier alpha value is -1.48. The zero-order chi connectivity index (χ0) is 18.0. The van der Waals surface area contributed by atoms with Crippen LogP contribution in [-0.4, -0.2) is 59.6 Å². The Bertz CT molecular complexity index is 709. The number of nitrogens with zero attached hydrogens (tertiary/aromatic N) is 4. The topological polar surface area (TPSA) is 96.6 Å². The molecule has 140 valence electrons. The first-order valence-electron chi connectivity index (χ1n) is 8.91. The monoisotopic (exact) mass is 370 g/mol. The van der Waals surface area contributed by atoms with E-state index in [0.29, 0.717) is 43.4 Å². The lowest BCUT2D eigenvalue weighted by atomic mass is 9.99. The highest BCUT2D eigenvalue weighted by Gasteiger charge is 2.35. The summed E-state index contributed by atoms with van der Waals surface area (Å²) in [5.74, 6) is 1.60. The summed E-state index contributed by atoms with van der Waals surface area (Å²) in [6.07, 6.45) is 5.52. The molecule has 0 spiro atoms. The second-order valence-electron chi connectivity index (χ2n) is 7.14. The summed E-state index contributed by atoms with van der Waals surface area (Å²) in [5, 5.41) is 3.95. The van der Waals surface area contributed by atoms with Crippen LogP contribution in [0.5, 0.6) is 0 Å². The first kappa shape index (κ1) is 18.3. The highest BCUT2D eigenvalue weighted by molar-refractivity contribution is 7.88. The number of aryl methyl sites for hydroxylation is 1. The molecule has 0 unspecified atom stereocenters. The molecule has 1 aromatic heterocycles. The number of carbonyl (C=O) groups is 1. The molecule has 0 saturated carbocycles. The quantitative estimate of drug-likeness (QED) is 0.776. The number of amides is 1. The van der Waals surface area contributed by atoms with Gasteiger partial charge in [-0.05, 0) is 31.6 Å². The van der Waals surface area contributed by atoms with Crippen molar-refractivity contribution in [2.75, 3.05) is 25.9 Å². The average Bonchev–Trinajstić information content (AvgIpc) is 3.21. The van der Waals surface area contributed by atoms with E-state index < -0.39 is 10.0 Å². The second-order valence-corrected chi connectivity index (χ2v) is 9.08. The van der Waals surface area contributed by atoms with Gasteiger partial charge in [0.15, 0.2) is 5.82 Å². The SMILES string of the molecule is CC1CCN(C(=O)CCc2nc([C@@H]3CCCN3S(C)(=O)=O)no2)CC1. The van der Waals surface area contributed by atoms with Crippen LogP contribution in [0, 0.1) is 5.92 Å². The maximum atomic E-state index is 12.3. The van der Waals surface area contributed by atoms with Gasteiger partial charge in [0.25, 0.3) is 0 Å². The Morgan fingerprint density at radius 1 is 1.24 bits per heavy atom. The number of carbonyl (C=O) groups excluding carboxylic acids is 1. The van der Waals surface area contributed by atoms with Crippen molar-refractivity contribution in [2.45, 2.75) is 51.5 Å². The summed E-state index contributed by atoms with van der Waals surface area (Å²) < 4.78 is 30.3. The van der Waals surface area contributed by atoms with Gasteiger partial charge in [0.2, 0.25) is 21.8 Å². The van der Waals surface area contributed by atoms with E-state index in [1.807, 2.05) is 4.90 Å². The van der Waals surface area contributed by atoms with E-state index in [0.717, 1.165) is 32.4 Å². The van der Waals surface area contributed by atoms with Gasteiger partial charge in [-0.15, -0.1) is 0 Å². The zero-order valence-corrected chi connectivity index (χ0v) is 15.7. The number of rotatable bonds is 5. The number of hydrogen-bond acceptors (Lipinski definition) is 6.